The molecular formula is C23H31F3O5. The molecule has 0 bridgehead atoms. The maximum atomic E-state index is 14.4. The van der Waals surface area contributed by atoms with Gasteiger partial charge in [0.05, 0.1) is 18.8 Å². The summed E-state index contributed by atoms with van der Waals surface area (Å²) >= 11 is 0. The Hall–Kier alpha value is -1.64. The van der Waals surface area contributed by atoms with Gasteiger partial charge in [0.15, 0.2) is 5.79 Å². The fraction of sp³-hybridized carbons (Fsp3) is 0.696. The van der Waals surface area contributed by atoms with E-state index in [9.17, 15) is 23.1 Å². The molecule has 4 atom stereocenters. The number of hydrogen-bond donors (Lipinski definition) is 1. The van der Waals surface area contributed by atoms with E-state index >= 15 is 0 Å². The molecule has 1 saturated heterocycles. The molecule has 1 saturated carbocycles. The van der Waals surface area contributed by atoms with Crippen LogP contribution in [0, 0.1) is 11.3 Å². The summed E-state index contributed by atoms with van der Waals surface area (Å²) in [6.07, 6.45) is 0.908. The van der Waals surface area contributed by atoms with Gasteiger partial charge in [-0.2, -0.15) is 13.2 Å². The summed E-state index contributed by atoms with van der Waals surface area (Å²) in [4.78, 5) is 11.9. The van der Waals surface area contributed by atoms with E-state index in [1.807, 2.05) is 0 Å². The first-order valence-electron chi connectivity index (χ1n) is 10.7. The zero-order chi connectivity index (χ0) is 23.2. The molecule has 1 aliphatic heterocycles. The van der Waals surface area contributed by atoms with E-state index in [1.165, 1.54) is 25.2 Å². The van der Waals surface area contributed by atoms with E-state index in [0.717, 1.165) is 25.8 Å². The van der Waals surface area contributed by atoms with Crippen molar-refractivity contribution in [2.75, 3.05) is 6.61 Å². The van der Waals surface area contributed by atoms with Crippen molar-refractivity contribution in [3.63, 3.8) is 0 Å². The number of esters is 1. The minimum Gasteiger partial charge on any atom is -0.463 e. The minimum absolute atomic E-state index is 0.0730. The van der Waals surface area contributed by atoms with Crippen LogP contribution in [0.2, 0.25) is 0 Å². The molecule has 5 nitrogen and oxygen atoms in total. The molecule has 1 N–H and O–H groups in total. The lowest BCUT2D eigenvalue weighted by Gasteiger charge is -2.51. The summed E-state index contributed by atoms with van der Waals surface area (Å²) in [6.45, 7) is 7.81. The van der Waals surface area contributed by atoms with E-state index in [1.54, 1.807) is 20.8 Å². The molecule has 8 heteroatoms. The van der Waals surface area contributed by atoms with Crippen LogP contribution < -0.4 is 0 Å². The Morgan fingerprint density at radius 3 is 2.35 bits per heavy atom. The van der Waals surface area contributed by atoms with Crippen molar-refractivity contribution in [3.05, 3.63) is 35.5 Å². The molecule has 4 unspecified atom stereocenters. The third-order valence-electron chi connectivity index (χ3n) is 6.67. The second kappa shape index (κ2) is 8.05. The number of carbonyl (C=O) groups is 1. The smallest absolute Gasteiger partial charge is 0.397 e. The predicted molar refractivity (Wildman–Crippen MR) is 108 cm³/mol. The van der Waals surface area contributed by atoms with Crippen molar-refractivity contribution >= 4 is 5.97 Å². The van der Waals surface area contributed by atoms with Crippen molar-refractivity contribution in [2.45, 2.75) is 83.7 Å². The fourth-order valence-electron chi connectivity index (χ4n) is 4.44. The van der Waals surface area contributed by atoms with Gasteiger partial charge < -0.3 is 19.3 Å². The lowest BCUT2D eigenvalue weighted by atomic mass is 9.61. The van der Waals surface area contributed by atoms with Crippen molar-refractivity contribution in [1.82, 2.24) is 0 Å². The topological polar surface area (TPSA) is 65.0 Å². The summed E-state index contributed by atoms with van der Waals surface area (Å²) in [7, 11) is 0. The second-order valence-corrected chi connectivity index (χ2v) is 9.06. The van der Waals surface area contributed by atoms with Crippen molar-refractivity contribution in [3.8, 4) is 0 Å². The van der Waals surface area contributed by atoms with E-state index in [0.29, 0.717) is 5.57 Å². The Kier molecular flexibility index (Phi) is 6.23. The average molecular weight is 444 g/mol. The molecule has 3 aliphatic rings. The highest BCUT2D eigenvalue weighted by molar-refractivity contribution is 5.83. The Labute approximate surface area is 180 Å². The van der Waals surface area contributed by atoms with Crippen LogP contribution in [0.5, 0.6) is 0 Å². The van der Waals surface area contributed by atoms with Crippen LogP contribution >= 0.6 is 0 Å². The molecular weight excluding hydrogens is 413 g/mol. The lowest BCUT2D eigenvalue weighted by Crippen LogP contribution is -2.61. The summed E-state index contributed by atoms with van der Waals surface area (Å²) in [5.74, 6) is -2.03. The predicted octanol–water partition coefficient (Wildman–Crippen LogP) is 4.61. The molecule has 0 aromatic carbocycles. The molecule has 2 aliphatic carbocycles. The van der Waals surface area contributed by atoms with Gasteiger partial charge in [-0.1, -0.05) is 6.08 Å². The fourth-order valence-corrected chi connectivity index (χ4v) is 4.44. The monoisotopic (exact) mass is 444 g/mol. The lowest BCUT2D eigenvalue weighted by molar-refractivity contribution is -0.296. The van der Waals surface area contributed by atoms with Crippen LogP contribution in [0.1, 0.15) is 53.9 Å². The van der Waals surface area contributed by atoms with Gasteiger partial charge in [0.25, 0.3) is 0 Å². The maximum Gasteiger partial charge on any atom is 0.397 e. The van der Waals surface area contributed by atoms with E-state index < -0.39 is 35.4 Å². The minimum atomic E-state index is -4.75. The van der Waals surface area contributed by atoms with Crippen LogP contribution in [-0.2, 0) is 19.0 Å². The van der Waals surface area contributed by atoms with Gasteiger partial charge in [-0.3, -0.25) is 0 Å². The molecule has 31 heavy (non-hydrogen) atoms. The first kappa shape index (κ1) is 24.0. The Morgan fingerprint density at radius 1 is 1.29 bits per heavy atom. The third kappa shape index (κ3) is 4.34. The standard InChI is InChI=1S/C23H31F3O5/c1-6-29-19(27)11-18(17-7-8-17)9-10-22(28)14(2)12-21(30-15(3)16(4)31-21)13-20(22,5)23(24,25)26/h9-12,15-17,28H,6-8,13H2,1-5H3/b10-9+,18-11+. The molecule has 0 amide bonds. The van der Waals surface area contributed by atoms with Crippen LogP contribution in [0.25, 0.3) is 0 Å². The largest absolute Gasteiger partial charge is 0.463 e. The molecule has 0 radical (unpaired) electrons. The van der Waals surface area contributed by atoms with Gasteiger partial charge in [0.1, 0.15) is 11.0 Å². The van der Waals surface area contributed by atoms with E-state index in [4.69, 9.17) is 14.2 Å². The molecule has 2 fully saturated rings. The number of alkyl halides is 3. The van der Waals surface area contributed by atoms with Gasteiger partial charge in [-0.15, -0.1) is 0 Å². The summed E-state index contributed by atoms with van der Waals surface area (Å²) in [5, 5.41) is 11.4. The Bertz CT molecular complexity index is 801. The summed E-state index contributed by atoms with van der Waals surface area (Å²) in [5.41, 5.74) is -4.26. The number of rotatable bonds is 5. The van der Waals surface area contributed by atoms with Crippen molar-refractivity contribution in [1.29, 1.82) is 0 Å². The Balaban J connectivity index is 2.03. The number of allylic oxidation sites excluding steroid dienone is 2. The SMILES string of the molecule is CCOC(=O)/C=C(\C=C\C1(O)C(C)=CC2(CC1(C)C(F)(F)F)OC(C)C(C)O2)C1CC1. The summed E-state index contributed by atoms with van der Waals surface area (Å²) in [6, 6.07) is 0. The molecule has 0 aromatic rings. The second-order valence-electron chi connectivity index (χ2n) is 9.06. The maximum absolute atomic E-state index is 14.4. The first-order valence-corrected chi connectivity index (χ1v) is 10.7. The molecule has 1 spiro atoms. The van der Waals surface area contributed by atoms with Crippen LogP contribution in [0.15, 0.2) is 35.5 Å². The van der Waals surface area contributed by atoms with Gasteiger partial charge in [0, 0.05) is 12.5 Å². The average Bonchev–Trinajstić information content (AvgIpc) is 3.43. The van der Waals surface area contributed by atoms with Crippen molar-refractivity contribution < 1.29 is 37.3 Å². The highest BCUT2D eigenvalue weighted by atomic mass is 19.4. The normalized spacial score (nSPS) is 39.3. The van der Waals surface area contributed by atoms with Gasteiger partial charge in [-0.05, 0) is 76.7 Å². The first-order chi connectivity index (χ1) is 14.3. The highest BCUT2D eigenvalue weighted by Gasteiger charge is 2.69. The molecule has 0 aromatic heterocycles. The zero-order valence-corrected chi connectivity index (χ0v) is 18.6. The van der Waals surface area contributed by atoms with Crippen molar-refractivity contribution in [2.24, 2.45) is 11.3 Å². The van der Waals surface area contributed by atoms with Crippen LogP contribution in [-0.4, -0.2) is 47.5 Å². The number of ether oxygens (including phenoxy) is 3. The number of aliphatic hydroxyl groups is 1. The van der Waals surface area contributed by atoms with Gasteiger partial charge in [0.2, 0.25) is 0 Å². The van der Waals surface area contributed by atoms with Crippen LogP contribution in [0.3, 0.4) is 0 Å². The Morgan fingerprint density at radius 2 is 1.87 bits per heavy atom. The number of carbonyl (C=O) groups excluding carboxylic acids is 1. The quantitative estimate of drug-likeness (QED) is 0.290. The van der Waals surface area contributed by atoms with Crippen LogP contribution in [0.4, 0.5) is 13.2 Å². The number of hydrogen-bond acceptors (Lipinski definition) is 5. The molecule has 174 valence electrons. The number of halogens is 3. The van der Waals surface area contributed by atoms with Gasteiger partial charge >= 0.3 is 12.1 Å². The van der Waals surface area contributed by atoms with Gasteiger partial charge in [-0.25, -0.2) is 4.79 Å². The molecule has 3 rings (SSSR count). The highest BCUT2D eigenvalue weighted by Crippen LogP contribution is 2.59. The van der Waals surface area contributed by atoms with E-state index in [-0.39, 0.29) is 30.3 Å². The summed E-state index contributed by atoms with van der Waals surface area (Å²) < 4.78 is 59.8. The van der Waals surface area contributed by atoms with E-state index in [2.05, 4.69) is 0 Å². The third-order valence-corrected chi connectivity index (χ3v) is 6.67. The zero-order valence-electron chi connectivity index (χ0n) is 18.6. The molecule has 1 heterocycles.